The first-order chi connectivity index (χ1) is 9.45. The monoisotopic (exact) mass is 274 g/mol. The van der Waals surface area contributed by atoms with E-state index in [0.717, 1.165) is 16.8 Å². The van der Waals surface area contributed by atoms with Gasteiger partial charge < -0.3 is 16.2 Å². The highest BCUT2D eigenvalue weighted by molar-refractivity contribution is 5.49. The summed E-state index contributed by atoms with van der Waals surface area (Å²) in [6.45, 7) is 4.39. The minimum absolute atomic E-state index is 0.0490. The molecule has 0 bridgehead atoms. The summed E-state index contributed by atoms with van der Waals surface area (Å²) < 4.78 is 13.1. The lowest BCUT2D eigenvalue weighted by Gasteiger charge is -2.14. The Morgan fingerprint density at radius 3 is 2.40 bits per heavy atom. The number of nitrogens with two attached hydrogens (primary N) is 1. The van der Waals surface area contributed by atoms with Gasteiger partial charge in [0.05, 0.1) is 11.8 Å². The summed E-state index contributed by atoms with van der Waals surface area (Å²) >= 11 is 0. The van der Waals surface area contributed by atoms with E-state index in [2.05, 4.69) is 11.4 Å². The Hall–Kier alpha value is -2.07. The molecule has 2 aromatic rings. The maximum atomic E-state index is 13.1. The van der Waals surface area contributed by atoms with Crippen molar-refractivity contribution >= 4 is 11.4 Å². The quantitative estimate of drug-likeness (QED) is 0.751. The van der Waals surface area contributed by atoms with Crippen LogP contribution < -0.4 is 11.1 Å². The third-order valence-electron chi connectivity index (χ3n) is 3.13. The Bertz CT molecular complexity index is 593. The van der Waals surface area contributed by atoms with E-state index in [0.29, 0.717) is 12.1 Å². The Kier molecular flexibility index (Phi) is 4.25. The van der Waals surface area contributed by atoms with E-state index in [4.69, 9.17) is 5.73 Å². The first-order valence-electron chi connectivity index (χ1n) is 6.51. The Labute approximate surface area is 118 Å². The van der Waals surface area contributed by atoms with Gasteiger partial charge in [-0.1, -0.05) is 12.1 Å². The van der Waals surface area contributed by atoms with E-state index < -0.39 is 11.9 Å². The maximum absolute atomic E-state index is 13.1. The van der Waals surface area contributed by atoms with Crippen molar-refractivity contribution in [3.63, 3.8) is 0 Å². The van der Waals surface area contributed by atoms with Gasteiger partial charge in [-0.15, -0.1) is 0 Å². The summed E-state index contributed by atoms with van der Waals surface area (Å²) in [5.41, 5.74) is 9.42. The van der Waals surface area contributed by atoms with Gasteiger partial charge in [-0.2, -0.15) is 0 Å². The van der Waals surface area contributed by atoms with Crippen LogP contribution in [0.4, 0.5) is 15.8 Å². The number of aliphatic hydroxyl groups is 1. The van der Waals surface area contributed by atoms with E-state index in [1.165, 1.54) is 12.1 Å². The molecule has 4 heteroatoms. The molecule has 0 aliphatic heterocycles. The van der Waals surface area contributed by atoms with Crippen LogP contribution in [0.25, 0.3) is 0 Å². The predicted octanol–water partition coefficient (Wildman–Crippen LogP) is 3.17. The maximum Gasteiger partial charge on any atom is 0.146 e. The smallest absolute Gasteiger partial charge is 0.146 e. The summed E-state index contributed by atoms with van der Waals surface area (Å²) in [4.78, 5) is 0. The summed E-state index contributed by atoms with van der Waals surface area (Å²) in [6.07, 6.45) is -0.737. The van der Waals surface area contributed by atoms with Crippen molar-refractivity contribution in [1.82, 2.24) is 0 Å². The molecule has 0 fully saturated rings. The van der Waals surface area contributed by atoms with E-state index >= 15 is 0 Å². The highest BCUT2D eigenvalue weighted by Crippen LogP contribution is 2.20. The lowest BCUT2D eigenvalue weighted by atomic mass is 10.1. The number of hydrogen-bond donors (Lipinski definition) is 3. The van der Waals surface area contributed by atoms with Crippen molar-refractivity contribution in [2.24, 2.45) is 0 Å². The first kappa shape index (κ1) is 14.3. The molecule has 2 rings (SSSR count). The summed E-state index contributed by atoms with van der Waals surface area (Å²) in [5.74, 6) is -0.469. The number of anilines is 2. The van der Waals surface area contributed by atoms with Crippen molar-refractivity contribution in [3.05, 3.63) is 58.9 Å². The molecule has 0 heterocycles. The van der Waals surface area contributed by atoms with Gasteiger partial charge in [-0.3, -0.25) is 0 Å². The van der Waals surface area contributed by atoms with Crippen molar-refractivity contribution < 1.29 is 9.50 Å². The average Bonchev–Trinajstić information content (AvgIpc) is 2.38. The normalized spacial score (nSPS) is 12.2. The van der Waals surface area contributed by atoms with Crippen molar-refractivity contribution in [3.8, 4) is 0 Å². The molecular weight excluding hydrogens is 255 g/mol. The molecule has 20 heavy (non-hydrogen) atoms. The minimum Gasteiger partial charge on any atom is -0.396 e. The average molecular weight is 274 g/mol. The predicted molar refractivity (Wildman–Crippen MR) is 80.2 cm³/mol. The number of aliphatic hydroxyl groups excluding tert-OH is 1. The number of halogens is 1. The minimum atomic E-state index is -0.737. The van der Waals surface area contributed by atoms with Gasteiger partial charge in [-0.05, 0) is 54.8 Å². The zero-order chi connectivity index (χ0) is 14.7. The third-order valence-corrected chi connectivity index (χ3v) is 3.13. The fourth-order valence-electron chi connectivity index (χ4n) is 2.18. The number of nitrogen functional groups attached to an aromatic ring is 1. The topological polar surface area (TPSA) is 58.3 Å². The highest BCUT2D eigenvalue weighted by Gasteiger charge is 2.09. The standard InChI is InChI=1S/C16H19FN2O/c1-10-5-11(2)7-13(6-10)19-9-16(20)12-3-4-14(17)15(18)8-12/h3-8,16,19-20H,9,18H2,1-2H3. The van der Waals surface area contributed by atoms with Crippen molar-refractivity contribution in [1.29, 1.82) is 0 Å². The molecule has 4 N–H and O–H groups in total. The van der Waals surface area contributed by atoms with Crippen LogP contribution in [0.15, 0.2) is 36.4 Å². The molecule has 3 nitrogen and oxygen atoms in total. The van der Waals surface area contributed by atoms with Gasteiger partial charge in [0.1, 0.15) is 5.82 Å². The molecule has 0 aliphatic carbocycles. The fourth-order valence-corrected chi connectivity index (χ4v) is 2.18. The number of benzene rings is 2. The fraction of sp³-hybridized carbons (Fsp3) is 0.250. The Balaban J connectivity index is 2.04. The number of hydrogen-bond acceptors (Lipinski definition) is 3. The van der Waals surface area contributed by atoms with Gasteiger partial charge in [-0.25, -0.2) is 4.39 Å². The van der Waals surface area contributed by atoms with Gasteiger partial charge in [0, 0.05) is 12.2 Å². The number of nitrogens with one attached hydrogen (secondary N) is 1. The molecule has 0 saturated heterocycles. The SMILES string of the molecule is Cc1cc(C)cc(NCC(O)c2ccc(F)c(N)c2)c1. The van der Waals surface area contributed by atoms with Gasteiger partial charge in [0.25, 0.3) is 0 Å². The van der Waals surface area contributed by atoms with E-state index in [1.807, 2.05) is 26.0 Å². The summed E-state index contributed by atoms with van der Waals surface area (Å²) in [5, 5.41) is 13.3. The molecule has 0 spiro atoms. The lowest BCUT2D eigenvalue weighted by molar-refractivity contribution is 0.191. The van der Waals surface area contributed by atoms with Gasteiger partial charge in [0.2, 0.25) is 0 Å². The van der Waals surface area contributed by atoms with Gasteiger partial charge in [0.15, 0.2) is 0 Å². The molecule has 0 aliphatic rings. The van der Waals surface area contributed by atoms with Crippen LogP contribution in [0, 0.1) is 19.7 Å². The molecule has 0 amide bonds. The zero-order valence-electron chi connectivity index (χ0n) is 11.7. The van der Waals surface area contributed by atoms with Crippen LogP contribution in [0.2, 0.25) is 0 Å². The largest absolute Gasteiger partial charge is 0.396 e. The van der Waals surface area contributed by atoms with Crippen molar-refractivity contribution in [2.45, 2.75) is 20.0 Å². The van der Waals surface area contributed by atoms with E-state index in [-0.39, 0.29) is 5.69 Å². The van der Waals surface area contributed by atoms with E-state index in [9.17, 15) is 9.50 Å². The molecule has 0 saturated carbocycles. The molecule has 1 atom stereocenters. The zero-order valence-corrected chi connectivity index (χ0v) is 11.7. The summed E-state index contributed by atoms with van der Waals surface area (Å²) in [6, 6.07) is 10.4. The van der Waals surface area contributed by atoms with Crippen LogP contribution in [0.5, 0.6) is 0 Å². The van der Waals surface area contributed by atoms with Crippen molar-refractivity contribution in [2.75, 3.05) is 17.6 Å². The molecule has 0 aromatic heterocycles. The van der Waals surface area contributed by atoms with Crippen LogP contribution in [-0.4, -0.2) is 11.7 Å². The summed E-state index contributed by atoms with van der Waals surface area (Å²) in [7, 11) is 0. The second-order valence-corrected chi connectivity index (χ2v) is 5.05. The third kappa shape index (κ3) is 3.48. The Morgan fingerprint density at radius 2 is 1.80 bits per heavy atom. The highest BCUT2D eigenvalue weighted by atomic mass is 19.1. The second kappa shape index (κ2) is 5.92. The second-order valence-electron chi connectivity index (χ2n) is 5.05. The molecule has 2 aromatic carbocycles. The molecule has 106 valence electrons. The number of aryl methyl sites for hydroxylation is 2. The number of rotatable bonds is 4. The van der Waals surface area contributed by atoms with Crippen LogP contribution in [0.1, 0.15) is 22.8 Å². The Morgan fingerprint density at radius 1 is 1.15 bits per heavy atom. The molecule has 0 radical (unpaired) electrons. The van der Waals surface area contributed by atoms with Crippen LogP contribution >= 0.6 is 0 Å². The molecule has 1 unspecified atom stereocenters. The first-order valence-corrected chi connectivity index (χ1v) is 6.51. The van der Waals surface area contributed by atoms with E-state index in [1.54, 1.807) is 6.07 Å². The lowest BCUT2D eigenvalue weighted by Crippen LogP contribution is -2.12. The van der Waals surface area contributed by atoms with Crippen LogP contribution in [-0.2, 0) is 0 Å². The van der Waals surface area contributed by atoms with Crippen LogP contribution in [0.3, 0.4) is 0 Å². The van der Waals surface area contributed by atoms with Gasteiger partial charge >= 0.3 is 0 Å². The molecular formula is C16H19FN2O.